The van der Waals surface area contributed by atoms with E-state index < -0.39 is 60.5 Å². The highest BCUT2D eigenvalue weighted by Gasteiger charge is 2.45. The van der Waals surface area contributed by atoms with Crippen LogP contribution in [0, 0.1) is 0 Å². The normalized spacial score (nSPS) is 30.9. The smallest absolute Gasteiger partial charge is 0.340 e. The molecule has 10 heteroatoms. The number of rotatable bonds is 3. The average molecular weight is 332 g/mol. The van der Waals surface area contributed by atoms with Gasteiger partial charge in [0, 0.05) is 0 Å². The first-order chi connectivity index (χ1) is 10.8. The van der Waals surface area contributed by atoms with Crippen molar-refractivity contribution in [2.75, 3.05) is 6.61 Å². The fourth-order valence-electron chi connectivity index (χ4n) is 2.06. The number of phenolic OH excluding ortho intramolecular Hbond substituents is 3. The zero-order valence-electron chi connectivity index (χ0n) is 11.6. The molecule has 1 aromatic rings. The quantitative estimate of drug-likeness (QED) is 0.236. The van der Waals surface area contributed by atoms with Gasteiger partial charge in [0.1, 0.15) is 24.4 Å². The zero-order chi connectivity index (χ0) is 17.3. The predicted molar refractivity (Wildman–Crippen MR) is 70.6 cm³/mol. The molecule has 0 aromatic heterocycles. The van der Waals surface area contributed by atoms with Crippen LogP contribution in [0.2, 0.25) is 0 Å². The van der Waals surface area contributed by atoms with E-state index in [0.29, 0.717) is 0 Å². The van der Waals surface area contributed by atoms with E-state index in [2.05, 4.69) is 0 Å². The van der Waals surface area contributed by atoms with Crippen LogP contribution in [0.5, 0.6) is 17.2 Å². The van der Waals surface area contributed by atoms with E-state index in [4.69, 9.17) is 14.6 Å². The molecule has 0 spiro atoms. The first kappa shape index (κ1) is 17.2. The second-order valence-corrected chi connectivity index (χ2v) is 4.97. The van der Waals surface area contributed by atoms with Gasteiger partial charge in [0.25, 0.3) is 0 Å². The largest absolute Gasteiger partial charge is 0.504 e. The number of hydrogen-bond acceptors (Lipinski definition) is 10. The third kappa shape index (κ3) is 3.30. The van der Waals surface area contributed by atoms with Crippen LogP contribution < -0.4 is 0 Å². The number of aliphatic hydroxyl groups is 4. The summed E-state index contributed by atoms with van der Waals surface area (Å²) < 4.78 is 9.77. The van der Waals surface area contributed by atoms with Crippen LogP contribution in [-0.2, 0) is 9.47 Å². The molecule has 1 heterocycles. The molecule has 0 saturated carbocycles. The van der Waals surface area contributed by atoms with Crippen molar-refractivity contribution in [1.29, 1.82) is 0 Å². The summed E-state index contributed by atoms with van der Waals surface area (Å²) in [5, 5.41) is 65.8. The highest BCUT2D eigenvalue weighted by molar-refractivity contribution is 5.91. The van der Waals surface area contributed by atoms with E-state index in [0.717, 1.165) is 12.1 Å². The van der Waals surface area contributed by atoms with Crippen molar-refractivity contribution >= 4 is 5.97 Å². The summed E-state index contributed by atoms with van der Waals surface area (Å²) in [4.78, 5) is 11.9. The van der Waals surface area contributed by atoms with Gasteiger partial charge in [0.2, 0.25) is 6.29 Å². The molecule has 0 aliphatic carbocycles. The molecular weight excluding hydrogens is 316 g/mol. The summed E-state index contributed by atoms with van der Waals surface area (Å²) in [5.41, 5.74) is -0.366. The Morgan fingerprint density at radius 3 is 2.13 bits per heavy atom. The van der Waals surface area contributed by atoms with Crippen molar-refractivity contribution in [1.82, 2.24) is 0 Å². The molecule has 1 aliphatic rings. The van der Waals surface area contributed by atoms with Crippen LogP contribution in [0.1, 0.15) is 10.4 Å². The number of phenols is 3. The molecule has 0 unspecified atom stereocenters. The number of hydrogen-bond donors (Lipinski definition) is 7. The second kappa shape index (κ2) is 6.56. The van der Waals surface area contributed by atoms with Gasteiger partial charge in [-0.15, -0.1) is 0 Å². The lowest BCUT2D eigenvalue weighted by Crippen LogP contribution is -2.59. The summed E-state index contributed by atoms with van der Waals surface area (Å²) in [6.45, 7) is -0.695. The number of carbonyl (C=O) groups excluding carboxylic acids is 1. The Balaban J connectivity index is 2.16. The summed E-state index contributed by atoms with van der Waals surface area (Å²) in [5.74, 6) is -3.52. The van der Waals surface area contributed by atoms with Crippen LogP contribution in [0.25, 0.3) is 0 Å². The zero-order valence-corrected chi connectivity index (χ0v) is 11.6. The lowest BCUT2D eigenvalue weighted by atomic mass is 9.99. The number of aliphatic hydroxyl groups excluding tert-OH is 4. The van der Waals surface area contributed by atoms with Gasteiger partial charge in [-0.25, -0.2) is 4.79 Å². The van der Waals surface area contributed by atoms with E-state index >= 15 is 0 Å². The maximum Gasteiger partial charge on any atom is 0.340 e. The third-order valence-electron chi connectivity index (χ3n) is 3.38. The van der Waals surface area contributed by atoms with Gasteiger partial charge in [-0.3, -0.25) is 0 Å². The van der Waals surface area contributed by atoms with Crippen LogP contribution in [0.3, 0.4) is 0 Å². The Bertz CT molecular complexity index is 563. The first-order valence-electron chi connectivity index (χ1n) is 6.52. The molecule has 0 bridgehead atoms. The summed E-state index contributed by atoms with van der Waals surface area (Å²) in [7, 11) is 0. The highest BCUT2D eigenvalue weighted by atomic mass is 16.7. The molecule has 7 N–H and O–H groups in total. The maximum absolute atomic E-state index is 11.9. The van der Waals surface area contributed by atoms with Gasteiger partial charge in [0.05, 0.1) is 12.2 Å². The fourth-order valence-corrected chi connectivity index (χ4v) is 2.06. The van der Waals surface area contributed by atoms with Crippen molar-refractivity contribution in [3.05, 3.63) is 17.7 Å². The standard InChI is InChI=1S/C13H16O10/c14-3-7-9(18)10(19)11(20)13(22-7)23-12(21)4-1-5(15)8(17)6(16)2-4/h1-2,7,9-11,13-20H,3H2/t7-,9-,10-,11-,13+/m0/s1. The van der Waals surface area contributed by atoms with E-state index in [1.54, 1.807) is 0 Å². The van der Waals surface area contributed by atoms with Crippen LogP contribution >= 0.6 is 0 Å². The molecule has 1 aromatic carbocycles. The fraction of sp³-hybridized carbons (Fsp3) is 0.462. The highest BCUT2D eigenvalue weighted by Crippen LogP contribution is 2.35. The summed E-state index contributed by atoms with van der Waals surface area (Å²) in [6.07, 6.45) is -8.06. The van der Waals surface area contributed by atoms with Gasteiger partial charge in [0.15, 0.2) is 17.2 Å². The van der Waals surface area contributed by atoms with Gasteiger partial charge >= 0.3 is 5.97 Å². The van der Waals surface area contributed by atoms with Gasteiger partial charge in [-0.2, -0.15) is 0 Å². The monoisotopic (exact) mass is 332 g/mol. The molecule has 1 saturated heterocycles. The van der Waals surface area contributed by atoms with Crippen LogP contribution in [0.4, 0.5) is 0 Å². The first-order valence-corrected chi connectivity index (χ1v) is 6.52. The second-order valence-electron chi connectivity index (χ2n) is 4.97. The lowest BCUT2D eigenvalue weighted by molar-refractivity contribution is -0.285. The minimum absolute atomic E-state index is 0.366. The molecule has 2 rings (SSSR count). The Morgan fingerprint density at radius 2 is 1.61 bits per heavy atom. The number of aromatic hydroxyl groups is 3. The Labute approximate surface area is 129 Å². The maximum atomic E-state index is 11.9. The molecule has 23 heavy (non-hydrogen) atoms. The SMILES string of the molecule is O=C(O[C@H]1O[C@@H](CO)[C@H](O)[C@H](O)[C@@H]1O)c1cc(O)c(O)c(O)c1. The number of benzene rings is 1. The van der Waals surface area contributed by atoms with Crippen molar-refractivity contribution in [2.24, 2.45) is 0 Å². The topological polar surface area (TPSA) is 177 Å². The van der Waals surface area contributed by atoms with E-state index in [1.807, 2.05) is 0 Å². The van der Waals surface area contributed by atoms with Crippen molar-refractivity contribution in [3.8, 4) is 17.2 Å². The molecule has 5 atom stereocenters. The lowest BCUT2D eigenvalue weighted by Gasteiger charge is -2.39. The third-order valence-corrected chi connectivity index (χ3v) is 3.38. The summed E-state index contributed by atoms with van der Waals surface area (Å²) >= 11 is 0. The number of ether oxygens (including phenoxy) is 2. The number of carbonyl (C=O) groups is 1. The molecule has 0 amide bonds. The molecule has 10 nitrogen and oxygen atoms in total. The van der Waals surface area contributed by atoms with Crippen molar-refractivity contribution in [3.63, 3.8) is 0 Å². The van der Waals surface area contributed by atoms with Gasteiger partial charge in [-0.05, 0) is 12.1 Å². The van der Waals surface area contributed by atoms with Gasteiger partial charge < -0.3 is 45.2 Å². The molecule has 1 fully saturated rings. The van der Waals surface area contributed by atoms with Gasteiger partial charge in [-0.1, -0.05) is 0 Å². The minimum atomic E-state index is -1.78. The van der Waals surface area contributed by atoms with E-state index in [9.17, 15) is 35.4 Å². The average Bonchev–Trinajstić information content (AvgIpc) is 2.52. The Hall–Kier alpha value is -2.11. The van der Waals surface area contributed by atoms with E-state index in [1.165, 1.54) is 0 Å². The van der Waals surface area contributed by atoms with Crippen LogP contribution in [0.15, 0.2) is 12.1 Å². The molecule has 0 radical (unpaired) electrons. The van der Waals surface area contributed by atoms with E-state index in [-0.39, 0.29) is 5.56 Å². The number of esters is 1. The van der Waals surface area contributed by atoms with Crippen molar-refractivity contribution in [2.45, 2.75) is 30.7 Å². The Morgan fingerprint density at radius 1 is 1.04 bits per heavy atom. The van der Waals surface area contributed by atoms with Crippen LogP contribution in [-0.4, -0.2) is 79.0 Å². The minimum Gasteiger partial charge on any atom is -0.504 e. The van der Waals surface area contributed by atoms with Crippen molar-refractivity contribution < 1.29 is 50.0 Å². The predicted octanol–water partition coefficient (Wildman–Crippen LogP) is -2.24. The molecule has 1 aliphatic heterocycles. The summed E-state index contributed by atoms with van der Waals surface area (Å²) in [6, 6.07) is 1.61. The molecule has 128 valence electrons. The molecular formula is C13H16O10. The Kier molecular flexibility index (Phi) is 4.92.